The molecule has 0 radical (unpaired) electrons. The van der Waals surface area contributed by atoms with E-state index < -0.39 is 15.2 Å². The van der Waals surface area contributed by atoms with Crippen LogP contribution in [0.3, 0.4) is 0 Å². The molecule has 0 aliphatic carbocycles. The molecule has 0 aromatic heterocycles. The molecule has 0 N–H and O–H groups in total. The number of sulfone groups is 1. The molecule has 2 rings (SSSR count). The van der Waals surface area contributed by atoms with Crippen molar-refractivity contribution < 1.29 is 8.42 Å². The summed E-state index contributed by atoms with van der Waals surface area (Å²) in [6, 6.07) is 8.21. The summed E-state index contributed by atoms with van der Waals surface area (Å²) in [6.07, 6.45) is 2.97. The maximum absolute atomic E-state index is 12.0. The van der Waals surface area contributed by atoms with Gasteiger partial charge in [-0.05, 0) is 24.3 Å². The predicted octanol–water partition coefficient (Wildman–Crippen LogP) is 1.99. The lowest BCUT2D eigenvalue weighted by Crippen LogP contribution is -2.15. The maximum atomic E-state index is 12.0. The van der Waals surface area contributed by atoms with Gasteiger partial charge in [0.25, 0.3) is 0 Å². The van der Waals surface area contributed by atoms with Gasteiger partial charge in [0.2, 0.25) is 9.84 Å². The van der Waals surface area contributed by atoms with E-state index in [1.807, 2.05) is 0 Å². The van der Waals surface area contributed by atoms with E-state index in [0.717, 1.165) is 0 Å². The van der Waals surface area contributed by atoms with Gasteiger partial charge in [-0.15, -0.1) is 0 Å². The van der Waals surface area contributed by atoms with Crippen LogP contribution in [0.5, 0.6) is 0 Å². The predicted molar refractivity (Wildman–Crippen MR) is 59.8 cm³/mol. The van der Waals surface area contributed by atoms with Gasteiger partial charge in [-0.25, -0.2) is 13.4 Å². The largest absolute Gasteiger partial charge is 0.249 e. The van der Waals surface area contributed by atoms with Crippen molar-refractivity contribution >= 4 is 26.6 Å². The lowest BCUT2D eigenvalue weighted by molar-refractivity contribution is 0.590. The maximum Gasteiger partial charge on any atom is 0.205 e. The molecule has 1 aromatic carbocycles. The Morgan fingerprint density at radius 3 is 2.40 bits per heavy atom. The Labute approximate surface area is 93.0 Å². The highest BCUT2D eigenvalue weighted by Gasteiger charge is 2.26. The second-order valence-electron chi connectivity index (χ2n) is 3.06. The van der Waals surface area contributed by atoms with E-state index in [4.69, 9.17) is 11.6 Å². The Kier molecular flexibility index (Phi) is 2.63. The smallest absolute Gasteiger partial charge is 0.205 e. The molecule has 0 amide bonds. The summed E-state index contributed by atoms with van der Waals surface area (Å²) in [7, 11) is -3.43. The van der Waals surface area contributed by atoms with Crippen LogP contribution in [-0.4, -0.2) is 19.0 Å². The summed E-state index contributed by atoms with van der Waals surface area (Å²) in [5.41, 5.74) is 0. The molecule has 0 saturated heterocycles. The minimum atomic E-state index is -3.43. The molecule has 1 aliphatic heterocycles. The average molecular weight is 242 g/mol. The average Bonchev–Trinajstić information content (AvgIpc) is 2.67. The molecular weight excluding hydrogens is 234 g/mol. The zero-order chi connectivity index (χ0) is 10.9. The SMILES string of the molecule is O=S(=O)(c1ccccc1)C1C=CC(Cl)=N1. The van der Waals surface area contributed by atoms with Gasteiger partial charge in [0, 0.05) is 0 Å². The number of halogens is 1. The van der Waals surface area contributed by atoms with Crippen LogP contribution in [0.2, 0.25) is 0 Å². The monoisotopic (exact) mass is 241 g/mol. The fourth-order valence-electron chi connectivity index (χ4n) is 1.29. The van der Waals surface area contributed by atoms with Crippen molar-refractivity contribution in [1.29, 1.82) is 0 Å². The van der Waals surface area contributed by atoms with Crippen LogP contribution in [0.15, 0.2) is 52.4 Å². The van der Waals surface area contributed by atoms with Crippen LogP contribution < -0.4 is 0 Å². The summed E-state index contributed by atoms with van der Waals surface area (Å²) in [5.74, 6) is 0. The highest BCUT2D eigenvalue weighted by molar-refractivity contribution is 7.92. The first kappa shape index (κ1) is 10.4. The summed E-state index contributed by atoms with van der Waals surface area (Å²) >= 11 is 5.60. The van der Waals surface area contributed by atoms with Gasteiger partial charge in [-0.1, -0.05) is 29.8 Å². The van der Waals surface area contributed by atoms with Gasteiger partial charge in [0.15, 0.2) is 5.37 Å². The van der Waals surface area contributed by atoms with Gasteiger partial charge in [-0.3, -0.25) is 0 Å². The summed E-state index contributed by atoms with van der Waals surface area (Å²) in [4.78, 5) is 4.08. The van der Waals surface area contributed by atoms with E-state index in [9.17, 15) is 8.42 Å². The van der Waals surface area contributed by atoms with E-state index in [1.165, 1.54) is 12.2 Å². The molecule has 15 heavy (non-hydrogen) atoms. The Morgan fingerprint density at radius 1 is 1.20 bits per heavy atom. The molecule has 1 atom stereocenters. The number of nitrogens with zero attached hydrogens (tertiary/aromatic N) is 1. The molecule has 1 aliphatic rings. The molecule has 1 unspecified atom stereocenters. The number of rotatable bonds is 2. The third-order valence-electron chi connectivity index (χ3n) is 2.04. The van der Waals surface area contributed by atoms with E-state index in [1.54, 1.807) is 30.3 Å². The second-order valence-corrected chi connectivity index (χ2v) is 5.49. The Balaban J connectivity index is 2.42. The highest BCUT2D eigenvalue weighted by atomic mass is 35.5. The molecule has 5 heteroatoms. The quantitative estimate of drug-likeness (QED) is 0.795. The minimum Gasteiger partial charge on any atom is -0.249 e. The third-order valence-corrected chi connectivity index (χ3v) is 4.09. The molecule has 0 bridgehead atoms. The number of benzene rings is 1. The second kappa shape index (κ2) is 3.79. The Hall–Kier alpha value is -1.13. The van der Waals surface area contributed by atoms with Crippen molar-refractivity contribution in [3.05, 3.63) is 42.5 Å². The first-order valence-corrected chi connectivity index (χ1v) is 6.23. The lowest BCUT2D eigenvalue weighted by Gasteiger charge is -2.06. The number of aliphatic imine (C=N–C) groups is 1. The van der Waals surface area contributed by atoms with Crippen molar-refractivity contribution in [3.8, 4) is 0 Å². The summed E-state index contributed by atoms with van der Waals surface area (Å²) in [6.45, 7) is 0. The third kappa shape index (κ3) is 1.96. The topological polar surface area (TPSA) is 46.5 Å². The lowest BCUT2D eigenvalue weighted by atomic mass is 10.4. The van der Waals surface area contributed by atoms with Crippen LogP contribution in [0.1, 0.15) is 0 Å². The fraction of sp³-hybridized carbons (Fsp3) is 0.100. The van der Waals surface area contributed by atoms with Crippen molar-refractivity contribution in [2.75, 3.05) is 0 Å². The molecular formula is C10H8ClNO2S. The van der Waals surface area contributed by atoms with Crippen LogP contribution in [0.25, 0.3) is 0 Å². The van der Waals surface area contributed by atoms with Gasteiger partial charge < -0.3 is 0 Å². The standard InChI is InChI=1S/C10H8ClNO2S/c11-9-6-7-10(12-9)15(13,14)8-4-2-1-3-5-8/h1-7,10H. The minimum absolute atomic E-state index is 0.222. The fourth-order valence-corrected chi connectivity index (χ4v) is 2.88. The molecule has 0 fully saturated rings. The first-order valence-electron chi connectivity index (χ1n) is 4.31. The van der Waals surface area contributed by atoms with Crippen molar-refractivity contribution in [2.45, 2.75) is 10.3 Å². The summed E-state index contributed by atoms with van der Waals surface area (Å²) in [5, 5.41) is -0.660. The number of hydrogen-bond acceptors (Lipinski definition) is 3. The molecule has 78 valence electrons. The molecule has 0 spiro atoms. The van der Waals surface area contributed by atoms with E-state index in [0.29, 0.717) is 0 Å². The van der Waals surface area contributed by atoms with Crippen molar-refractivity contribution in [3.63, 3.8) is 0 Å². The zero-order valence-corrected chi connectivity index (χ0v) is 9.24. The molecule has 3 nitrogen and oxygen atoms in total. The van der Waals surface area contributed by atoms with Crippen molar-refractivity contribution in [1.82, 2.24) is 0 Å². The Morgan fingerprint density at radius 2 is 1.87 bits per heavy atom. The van der Waals surface area contributed by atoms with E-state index >= 15 is 0 Å². The molecule has 1 heterocycles. The number of hydrogen-bond donors (Lipinski definition) is 0. The number of allylic oxidation sites excluding steroid dienone is 1. The van der Waals surface area contributed by atoms with Crippen LogP contribution >= 0.6 is 11.6 Å². The first-order chi connectivity index (χ1) is 7.10. The Bertz CT molecular complexity index is 520. The van der Waals surface area contributed by atoms with E-state index in [-0.39, 0.29) is 10.1 Å². The van der Waals surface area contributed by atoms with Gasteiger partial charge in [-0.2, -0.15) is 0 Å². The van der Waals surface area contributed by atoms with Gasteiger partial charge >= 0.3 is 0 Å². The molecule has 1 aromatic rings. The van der Waals surface area contributed by atoms with Crippen LogP contribution in [0.4, 0.5) is 0 Å². The molecule has 0 saturated carbocycles. The van der Waals surface area contributed by atoms with Gasteiger partial charge in [0.05, 0.1) is 4.90 Å². The summed E-state index contributed by atoms with van der Waals surface area (Å²) < 4.78 is 23.9. The zero-order valence-electron chi connectivity index (χ0n) is 7.67. The normalized spacial score (nSPS) is 20.3. The van der Waals surface area contributed by atoms with Crippen LogP contribution in [-0.2, 0) is 9.84 Å². The highest BCUT2D eigenvalue weighted by Crippen LogP contribution is 2.21. The van der Waals surface area contributed by atoms with Crippen molar-refractivity contribution in [2.24, 2.45) is 4.99 Å². The van der Waals surface area contributed by atoms with Crippen LogP contribution in [0, 0.1) is 0 Å². The van der Waals surface area contributed by atoms with E-state index in [2.05, 4.69) is 4.99 Å². The van der Waals surface area contributed by atoms with Gasteiger partial charge in [0.1, 0.15) is 5.17 Å².